The summed E-state index contributed by atoms with van der Waals surface area (Å²) < 4.78 is 47.2. The maximum Gasteiger partial charge on any atom is 0.264 e. The number of piperidine rings is 1. The molecule has 1 amide bonds. The van der Waals surface area contributed by atoms with Crippen LogP contribution in [0.15, 0.2) is 30.3 Å². The molecule has 3 N–H and O–H groups in total. The largest absolute Gasteiger partial charge is 0.388 e. The molecule has 2 aromatic heterocycles. The minimum atomic E-state index is -1.18. The van der Waals surface area contributed by atoms with E-state index in [-0.39, 0.29) is 50.4 Å². The number of nitrogens with two attached hydrogens (primary N) is 1. The molecule has 2 aromatic carbocycles. The van der Waals surface area contributed by atoms with Gasteiger partial charge in [0.1, 0.15) is 22.9 Å². The minimum Gasteiger partial charge on any atom is -0.388 e. The van der Waals surface area contributed by atoms with E-state index in [2.05, 4.69) is 10.3 Å². The highest BCUT2D eigenvalue weighted by molar-refractivity contribution is 7.18. The SMILES string of the molecule is N#Cc1ccc(-c2cc(C(=O)N3CCCC(N)C3)sc2-c2cc3nnn(CC4(O)CCC4)c3c(F)c2F)cc1F. The number of nitrogens with zero attached hydrogens (tertiary/aromatic N) is 5. The molecule has 4 aromatic rings. The van der Waals surface area contributed by atoms with Crippen molar-refractivity contribution in [1.29, 1.82) is 5.26 Å². The number of nitriles is 1. The molecule has 2 aliphatic rings. The van der Waals surface area contributed by atoms with Gasteiger partial charge in [0, 0.05) is 35.1 Å². The van der Waals surface area contributed by atoms with Crippen molar-refractivity contribution in [3.05, 3.63) is 58.2 Å². The van der Waals surface area contributed by atoms with E-state index < -0.39 is 23.1 Å². The van der Waals surface area contributed by atoms with Gasteiger partial charge in [0.2, 0.25) is 0 Å². The molecule has 0 radical (unpaired) electrons. The highest BCUT2D eigenvalue weighted by atomic mass is 32.1. The fraction of sp³-hybridized carbons (Fsp3) is 0.357. The van der Waals surface area contributed by atoms with Gasteiger partial charge >= 0.3 is 0 Å². The van der Waals surface area contributed by atoms with Crippen LogP contribution in [0.3, 0.4) is 0 Å². The molecule has 12 heteroatoms. The highest BCUT2D eigenvalue weighted by Crippen LogP contribution is 2.43. The second kappa shape index (κ2) is 9.99. The summed E-state index contributed by atoms with van der Waals surface area (Å²) in [7, 11) is 0. The van der Waals surface area contributed by atoms with Gasteiger partial charge in [-0.2, -0.15) is 5.26 Å². The molecule has 3 heterocycles. The van der Waals surface area contributed by atoms with E-state index in [9.17, 15) is 14.3 Å². The number of likely N-dealkylation sites (tertiary alicyclic amines) is 1. The Labute approximate surface area is 231 Å². The summed E-state index contributed by atoms with van der Waals surface area (Å²) in [5.74, 6) is -3.43. The van der Waals surface area contributed by atoms with Crippen LogP contribution in [-0.2, 0) is 6.54 Å². The second-order valence-corrected chi connectivity index (χ2v) is 11.6. The lowest BCUT2D eigenvalue weighted by atomic mass is 9.80. The number of hydrogen-bond acceptors (Lipinski definition) is 7. The average Bonchev–Trinajstić information content (AvgIpc) is 3.54. The molecule has 1 saturated carbocycles. The Morgan fingerprint density at radius 2 is 1.98 bits per heavy atom. The number of halogens is 3. The summed E-state index contributed by atoms with van der Waals surface area (Å²) in [6.07, 6.45) is 3.47. The Hall–Kier alpha value is -3.79. The Bertz CT molecular complexity index is 1690. The second-order valence-electron chi connectivity index (χ2n) is 10.6. The molecule has 1 saturated heterocycles. The Morgan fingerprint density at radius 1 is 1.18 bits per heavy atom. The summed E-state index contributed by atoms with van der Waals surface area (Å²) in [6, 6.07) is 8.43. The molecule has 1 atom stereocenters. The first-order chi connectivity index (χ1) is 19.2. The van der Waals surface area contributed by atoms with Gasteiger partial charge in [-0.3, -0.25) is 4.79 Å². The molecule has 0 spiro atoms. The molecular formula is C28H25F3N6O2S. The minimum absolute atomic E-state index is 0.00933. The number of amides is 1. The first-order valence-corrected chi connectivity index (χ1v) is 13.8. The maximum atomic E-state index is 15.8. The van der Waals surface area contributed by atoms with E-state index >= 15 is 8.78 Å². The predicted molar refractivity (Wildman–Crippen MR) is 143 cm³/mol. The van der Waals surface area contributed by atoms with Gasteiger partial charge in [0.25, 0.3) is 5.91 Å². The molecule has 1 aliphatic carbocycles. The number of rotatable bonds is 5. The van der Waals surface area contributed by atoms with Crippen LogP contribution in [0.2, 0.25) is 0 Å². The van der Waals surface area contributed by atoms with Crippen molar-refractivity contribution in [1.82, 2.24) is 19.9 Å². The van der Waals surface area contributed by atoms with Crippen molar-refractivity contribution in [2.75, 3.05) is 13.1 Å². The van der Waals surface area contributed by atoms with Crippen LogP contribution in [-0.4, -0.2) is 55.6 Å². The quantitative estimate of drug-likeness (QED) is 0.365. The molecule has 206 valence electrons. The van der Waals surface area contributed by atoms with Crippen molar-refractivity contribution >= 4 is 28.3 Å². The Kier molecular flexibility index (Phi) is 6.60. The summed E-state index contributed by atoms with van der Waals surface area (Å²) in [4.78, 5) is 15.5. The van der Waals surface area contributed by atoms with Gasteiger partial charge in [-0.25, -0.2) is 17.9 Å². The number of aromatic nitrogens is 3. The molecule has 8 nitrogen and oxygen atoms in total. The molecule has 0 bridgehead atoms. The van der Waals surface area contributed by atoms with E-state index in [0.29, 0.717) is 37.1 Å². The van der Waals surface area contributed by atoms with Gasteiger partial charge in [0.05, 0.1) is 22.6 Å². The highest BCUT2D eigenvalue weighted by Gasteiger charge is 2.36. The summed E-state index contributed by atoms with van der Waals surface area (Å²) in [6.45, 7) is 0.882. The average molecular weight is 567 g/mol. The van der Waals surface area contributed by atoms with E-state index in [0.717, 1.165) is 36.7 Å². The van der Waals surface area contributed by atoms with Gasteiger partial charge in [-0.05, 0) is 61.9 Å². The van der Waals surface area contributed by atoms with Crippen molar-refractivity contribution in [2.45, 2.75) is 50.3 Å². The molecule has 1 unspecified atom stereocenters. The number of benzene rings is 2. The van der Waals surface area contributed by atoms with Crippen LogP contribution in [0.1, 0.15) is 47.3 Å². The molecular weight excluding hydrogens is 541 g/mol. The van der Waals surface area contributed by atoms with Crippen LogP contribution in [0.25, 0.3) is 32.6 Å². The van der Waals surface area contributed by atoms with Gasteiger partial charge < -0.3 is 15.7 Å². The zero-order chi connectivity index (χ0) is 28.2. The topological polar surface area (TPSA) is 121 Å². The van der Waals surface area contributed by atoms with Crippen molar-refractivity contribution in [3.63, 3.8) is 0 Å². The summed E-state index contributed by atoms with van der Waals surface area (Å²) >= 11 is 0.966. The zero-order valence-corrected chi connectivity index (χ0v) is 22.1. The third-order valence-corrected chi connectivity index (χ3v) is 8.90. The number of hydrogen-bond donors (Lipinski definition) is 2. The fourth-order valence-electron chi connectivity index (χ4n) is 5.40. The number of thiophene rings is 1. The van der Waals surface area contributed by atoms with E-state index in [1.54, 1.807) is 11.0 Å². The normalized spacial score (nSPS) is 18.5. The first-order valence-electron chi connectivity index (χ1n) is 13.0. The van der Waals surface area contributed by atoms with E-state index in [1.807, 2.05) is 0 Å². The van der Waals surface area contributed by atoms with E-state index in [4.69, 9.17) is 11.0 Å². The van der Waals surface area contributed by atoms with Crippen molar-refractivity contribution < 1.29 is 23.1 Å². The lowest BCUT2D eigenvalue weighted by molar-refractivity contribution is -0.0493. The van der Waals surface area contributed by atoms with Crippen LogP contribution in [0.4, 0.5) is 13.2 Å². The van der Waals surface area contributed by atoms with Crippen molar-refractivity contribution in [3.8, 4) is 27.6 Å². The maximum absolute atomic E-state index is 15.8. The first kappa shape index (κ1) is 26.4. The summed E-state index contributed by atoms with van der Waals surface area (Å²) in [5.41, 5.74) is 5.24. The molecule has 6 rings (SSSR count). The molecule has 40 heavy (non-hydrogen) atoms. The van der Waals surface area contributed by atoms with Gasteiger partial charge in [-0.1, -0.05) is 11.3 Å². The number of carbonyl (C=O) groups excluding carboxylic acids is 1. The van der Waals surface area contributed by atoms with E-state index in [1.165, 1.54) is 28.9 Å². The van der Waals surface area contributed by atoms with Crippen molar-refractivity contribution in [2.24, 2.45) is 5.73 Å². The van der Waals surface area contributed by atoms with Gasteiger partial charge in [-0.15, -0.1) is 16.4 Å². The van der Waals surface area contributed by atoms with Crippen LogP contribution in [0, 0.1) is 28.8 Å². The molecule has 1 aliphatic heterocycles. The summed E-state index contributed by atoms with van der Waals surface area (Å²) in [5, 5.41) is 27.7. The Balaban J connectivity index is 1.48. The third kappa shape index (κ3) is 4.54. The zero-order valence-electron chi connectivity index (χ0n) is 21.3. The lowest BCUT2D eigenvalue weighted by Gasteiger charge is -2.36. The Morgan fingerprint density at radius 3 is 2.65 bits per heavy atom. The monoisotopic (exact) mass is 566 g/mol. The lowest BCUT2D eigenvalue weighted by Crippen LogP contribution is -2.45. The van der Waals surface area contributed by atoms with Crippen LogP contribution in [0.5, 0.6) is 0 Å². The number of carbonyl (C=O) groups is 1. The smallest absolute Gasteiger partial charge is 0.264 e. The standard InChI is InChI=1S/C28H25F3N6O2S/c29-20-9-15(4-5-16(20)12-32)18-11-22(27(38)36-8-1-3-17(33)13-36)40-26(18)19-10-21-25(24(31)23(19)30)37(35-34-21)14-28(39)6-2-7-28/h4-5,9-11,17,39H,1-3,6-8,13-14,33H2. The molecule has 2 fully saturated rings. The number of aliphatic hydroxyl groups is 1. The predicted octanol–water partition coefficient (Wildman–Crippen LogP) is 4.59. The fourth-order valence-corrected chi connectivity index (χ4v) is 6.56. The third-order valence-electron chi connectivity index (χ3n) is 7.74. The number of fused-ring (bicyclic) bond motifs is 1. The van der Waals surface area contributed by atoms with Gasteiger partial charge in [0.15, 0.2) is 11.6 Å². The van der Waals surface area contributed by atoms with Crippen LogP contribution < -0.4 is 5.73 Å². The van der Waals surface area contributed by atoms with Crippen LogP contribution >= 0.6 is 11.3 Å².